The number of aromatic nitrogens is 1. The lowest BCUT2D eigenvalue weighted by Crippen LogP contribution is -2.13. The summed E-state index contributed by atoms with van der Waals surface area (Å²) >= 11 is 0.755. The van der Waals surface area contributed by atoms with Crippen molar-refractivity contribution < 1.29 is 22.7 Å². The van der Waals surface area contributed by atoms with Crippen LogP contribution in [-0.4, -0.2) is 24.1 Å². The second-order valence-corrected chi connectivity index (χ2v) is 5.89. The van der Waals surface area contributed by atoms with Crippen LogP contribution in [0.3, 0.4) is 0 Å². The minimum Gasteiger partial charge on any atom is -0.381 e. The molecule has 0 unspecified atom stereocenters. The van der Waals surface area contributed by atoms with Crippen LogP contribution >= 0.6 is 11.3 Å². The largest absolute Gasteiger partial charge is 0.434 e. The summed E-state index contributed by atoms with van der Waals surface area (Å²) < 4.78 is 42.6. The minimum atomic E-state index is -4.49. The van der Waals surface area contributed by atoms with E-state index in [1.807, 2.05) is 30.3 Å². The van der Waals surface area contributed by atoms with Crippen molar-refractivity contribution in [3.8, 4) is 0 Å². The molecule has 2 rings (SSSR count). The first-order valence-electron chi connectivity index (χ1n) is 7.39. The van der Waals surface area contributed by atoms with Gasteiger partial charge >= 0.3 is 6.18 Å². The number of rotatable bonds is 8. The summed E-state index contributed by atoms with van der Waals surface area (Å²) in [6.07, 6.45) is -3.02. The molecule has 1 N–H and O–H groups in total. The Kier molecular flexibility index (Phi) is 6.74. The van der Waals surface area contributed by atoms with Gasteiger partial charge in [-0.15, -0.1) is 11.3 Å². The molecule has 24 heavy (non-hydrogen) atoms. The van der Waals surface area contributed by atoms with Gasteiger partial charge in [0, 0.05) is 18.4 Å². The monoisotopic (exact) mass is 358 g/mol. The summed E-state index contributed by atoms with van der Waals surface area (Å²) in [5.41, 5.74) is 0.187. The van der Waals surface area contributed by atoms with Crippen LogP contribution in [0.1, 0.15) is 24.1 Å². The van der Waals surface area contributed by atoms with Crippen LogP contribution in [0, 0.1) is 0 Å². The Balaban J connectivity index is 1.59. The summed E-state index contributed by atoms with van der Waals surface area (Å²) in [5.74, 6) is -0.371. The first-order valence-corrected chi connectivity index (χ1v) is 8.27. The van der Waals surface area contributed by atoms with Crippen molar-refractivity contribution in [3.05, 3.63) is 47.0 Å². The third-order valence-corrected chi connectivity index (χ3v) is 3.87. The van der Waals surface area contributed by atoms with Crippen molar-refractivity contribution >= 4 is 22.4 Å². The third-order valence-electron chi connectivity index (χ3n) is 3.11. The summed E-state index contributed by atoms with van der Waals surface area (Å²) in [6.45, 7) is 0.985. The van der Waals surface area contributed by atoms with Crippen molar-refractivity contribution in [2.75, 3.05) is 18.5 Å². The molecule has 0 atom stereocenters. The maximum Gasteiger partial charge on any atom is 0.434 e. The lowest BCUT2D eigenvalue weighted by atomic mass is 10.2. The highest BCUT2D eigenvalue weighted by atomic mass is 32.1. The van der Waals surface area contributed by atoms with Gasteiger partial charge in [0.05, 0.1) is 6.61 Å². The highest BCUT2D eigenvalue weighted by molar-refractivity contribution is 7.13. The van der Waals surface area contributed by atoms with Gasteiger partial charge in [0.25, 0.3) is 0 Å². The van der Waals surface area contributed by atoms with E-state index in [2.05, 4.69) is 10.3 Å². The Hall–Kier alpha value is -1.93. The Bertz CT molecular complexity index is 644. The molecule has 0 fully saturated rings. The first-order chi connectivity index (χ1) is 11.4. The summed E-state index contributed by atoms with van der Waals surface area (Å²) in [5, 5.41) is 3.20. The number of nitrogens with zero attached hydrogens (tertiary/aromatic N) is 1. The molecule has 4 nitrogen and oxygen atoms in total. The van der Waals surface area contributed by atoms with Crippen LogP contribution in [0.25, 0.3) is 0 Å². The molecule has 130 valence electrons. The molecule has 0 saturated carbocycles. The maximum atomic E-state index is 12.4. The number of hydrogen-bond acceptors (Lipinski definition) is 4. The van der Waals surface area contributed by atoms with Crippen molar-refractivity contribution in [3.63, 3.8) is 0 Å². The molecular formula is C16H17F3N2O2S. The van der Waals surface area contributed by atoms with E-state index in [1.54, 1.807) is 0 Å². The first kappa shape index (κ1) is 18.4. The van der Waals surface area contributed by atoms with Crippen LogP contribution in [-0.2, 0) is 22.1 Å². The van der Waals surface area contributed by atoms with Gasteiger partial charge in [-0.1, -0.05) is 30.3 Å². The minimum absolute atomic E-state index is 0.0441. The number of hydrogen-bond donors (Lipinski definition) is 1. The average molecular weight is 358 g/mol. The predicted octanol–water partition coefficient (Wildman–Crippen LogP) is 4.14. The van der Waals surface area contributed by atoms with Crippen LogP contribution in [0.4, 0.5) is 18.3 Å². The van der Waals surface area contributed by atoms with E-state index in [4.69, 9.17) is 4.74 Å². The number of amides is 1. The van der Waals surface area contributed by atoms with E-state index in [0.717, 1.165) is 23.1 Å². The maximum absolute atomic E-state index is 12.4. The van der Waals surface area contributed by atoms with Gasteiger partial charge in [-0.05, 0) is 18.4 Å². The van der Waals surface area contributed by atoms with Crippen molar-refractivity contribution in [1.29, 1.82) is 0 Å². The Morgan fingerprint density at radius 1 is 1.21 bits per heavy atom. The fourth-order valence-electron chi connectivity index (χ4n) is 1.91. The molecule has 0 aliphatic heterocycles. The molecule has 0 spiro atoms. The zero-order valence-electron chi connectivity index (χ0n) is 12.8. The SMILES string of the molecule is O=C(CCCOCCc1ccccc1)Nc1nc(C(F)(F)F)cs1. The number of thiazole rings is 1. The molecule has 1 amide bonds. The Morgan fingerprint density at radius 2 is 1.96 bits per heavy atom. The highest BCUT2D eigenvalue weighted by Crippen LogP contribution is 2.31. The fourth-order valence-corrected chi connectivity index (χ4v) is 2.65. The van der Waals surface area contributed by atoms with Crippen LogP contribution in [0.15, 0.2) is 35.7 Å². The number of nitrogens with one attached hydrogen (secondary N) is 1. The van der Waals surface area contributed by atoms with Gasteiger partial charge in [0.1, 0.15) is 0 Å². The summed E-state index contributed by atoms with van der Waals surface area (Å²) in [4.78, 5) is 15.0. The molecule has 8 heteroatoms. The molecule has 0 radical (unpaired) electrons. The second-order valence-electron chi connectivity index (χ2n) is 5.04. The molecule has 0 aliphatic carbocycles. The Labute approximate surface area is 141 Å². The molecule has 0 saturated heterocycles. The van der Waals surface area contributed by atoms with Crippen molar-refractivity contribution in [1.82, 2.24) is 4.98 Å². The van der Waals surface area contributed by atoms with Gasteiger partial charge in [-0.2, -0.15) is 13.2 Å². The van der Waals surface area contributed by atoms with E-state index in [9.17, 15) is 18.0 Å². The predicted molar refractivity (Wildman–Crippen MR) is 85.9 cm³/mol. The van der Waals surface area contributed by atoms with Crippen LogP contribution in [0.2, 0.25) is 0 Å². The number of ether oxygens (including phenoxy) is 1. The quantitative estimate of drug-likeness (QED) is 0.722. The lowest BCUT2D eigenvalue weighted by Gasteiger charge is -2.05. The van der Waals surface area contributed by atoms with Crippen LogP contribution in [0.5, 0.6) is 0 Å². The fraction of sp³-hybridized carbons (Fsp3) is 0.375. The van der Waals surface area contributed by atoms with Gasteiger partial charge in [0.15, 0.2) is 10.8 Å². The zero-order chi connectivity index (χ0) is 17.4. The standard InChI is InChI=1S/C16H17F3N2O2S/c17-16(18,19)13-11-24-15(20-13)21-14(22)7-4-9-23-10-8-12-5-2-1-3-6-12/h1-3,5-6,11H,4,7-10H2,(H,20,21,22). The lowest BCUT2D eigenvalue weighted by molar-refractivity contribution is -0.140. The van der Waals surface area contributed by atoms with Gasteiger partial charge in [-0.3, -0.25) is 4.79 Å². The molecule has 1 aromatic heterocycles. The number of carbonyl (C=O) groups excluding carboxylic acids is 1. The molecule has 0 bridgehead atoms. The smallest absolute Gasteiger partial charge is 0.381 e. The second kappa shape index (κ2) is 8.79. The molecular weight excluding hydrogens is 341 g/mol. The molecule has 1 heterocycles. The van der Waals surface area contributed by atoms with E-state index < -0.39 is 11.9 Å². The molecule has 2 aromatic rings. The molecule has 1 aromatic carbocycles. The van der Waals surface area contributed by atoms with E-state index in [0.29, 0.717) is 19.6 Å². The zero-order valence-corrected chi connectivity index (χ0v) is 13.6. The number of benzene rings is 1. The number of anilines is 1. The molecule has 0 aliphatic rings. The van der Waals surface area contributed by atoms with Crippen molar-refractivity contribution in [2.24, 2.45) is 0 Å². The summed E-state index contributed by atoms with van der Waals surface area (Å²) in [6, 6.07) is 9.90. The normalized spacial score (nSPS) is 11.5. The number of halogens is 3. The average Bonchev–Trinajstić information content (AvgIpc) is 3.00. The third kappa shape index (κ3) is 6.29. The van der Waals surface area contributed by atoms with Crippen LogP contribution < -0.4 is 5.32 Å². The topological polar surface area (TPSA) is 51.2 Å². The number of alkyl halides is 3. The van der Waals surface area contributed by atoms with Crippen molar-refractivity contribution in [2.45, 2.75) is 25.4 Å². The van der Waals surface area contributed by atoms with E-state index in [-0.39, 0.29) is 17.5 Å². The highest BCUT2D eigenvalue weighted by Gasteiger charge is 2.33. The number of carbonyl (C=O) groups is 1. The van der Waals surface area contributed by atoms with E-state index in [1.165, 1.54) is 5.56 Å². The summed E-state index contributed by atoms with van der Waals surface area (Å²) in [7, 11) is 0. The Morgan fingerprint density at radius 3 is 2.62 bits per heavy atom. The van der Waals surface area contributed by atoms with Gasteiger partial charge in [0.2, 0.25) is 5.91 Å². The van der Waals surface area contributed by atoms with E-state index >= 15 is 0 Å². The van der Waals surface area contributed by atoms with Gasteiger partial charge in [-0.25, -0.2) is 4.98 Å². The van der Waals surface area contributed by atoms with Gasteiger partial charge < -0.3 is 10.1 Å².